The van der Waals surface area contributed by atoms with Gasteiger partial charge in [-0.05, 0) is 36.4 Å². The number of oxime groups is 1. The molecule has 2 aromatic carbocycles. The lowest BCUT2D eigenvalue weighted by atomic mass is 10.0. The summed E-state index contributed by atoms with van der Waals surface area (Å²) in [7, 11) is 4.81. The number of carbonyl (C=O) groups is 1. The molecule has 2 aromatic rings. The van der Waals surface area contributed by atoms with E-state index in [0.29, 0.717) is 30.0 Å². The smallest absolute Gasteiger partial charge is 0.253 e. The van der Waals surface area contributed by atoms with E-state index in [9.17, 15) is 9.18 Å². The maximum Gasteiger partial charge on any atom is 0.253 e. The molecule has 0 N–H and O–H groups in total. The van der Waals surface area contributed by atoms with Crippen LogP contribution in [0, 0.1) is 5.82 Å². The summed E-state index contributed by atoms with van der Waals surface area (Å²) in [6.07, 6.45) is 0.284. The van der Waals surface area contributed by atoms with E-state index < -0.39 is 5.82 Å². The number of amides is 1. The van der Waals surface area contributed by atoms with Crippen LogP contribution in [0.2, 0.25) is 0 Å². The molecule has 142 valence electrons. The van der Waals surface area contributed by atoms with Gasteiger partial charge in [-0.15, -0.1) is 0 Å². The minimum Gasteiger partial charge on any atom is -0.493 e. The fourth-order valence-corrected chi connectivity index (χ4v) is 2.94. The van der Waals surface area contributed by atoms with Crippen LogP contribution in [-0.2, 0) is 4.84 Å². The summed E-state index contributed by atoms with van der Waals surface area (Å²) < 4.78 is 23.9. The summed E-state index contributed by atoms with van der Waals surface area (Å²) >= 11 is 0. The zero-order valence-electron chi connectivity index (χ0n) is 15.4. The number of halogens is 1. The Balaban J connectivity index is 1.63. The van der Waals surface area contributed by atoms with Crippen LogP contribution in [0.5, 0.6) is 11.5 Å². The van der Waals surface area contributed by atoms with Gasteiger partial charge in [0.15, 0.2) is 17.6 Å². The van der Waals surface area contributed by atoms with Gasteiger partial charge in [-0.1, -0.05) is 11.2 Å². The lowest BCUT2D eigenvalue weighted by Gasteiger charge is -2.20. The quantitative estimate of drug-likeness (QED) is 0.782. The number of methoxy groups -OCH3 is 2. The maximum absolute atomic E-state index is 13.3. The standard InChI is InChI=1S/C20H21FN2O4/c1-23(20(24)14-5-4-6-15(21)9-14)12-16-11-17(22-27-16)13-7-8-18(25-2)19(10-13)26-3/h4-10,16H,11-12H2,1-3H3. The van der Waals surface area contributed by atoms with Gasteiger partial charge in [0, 0.05) is 24.6 Å². The Morgan fingerprint density at radius 1 is 1.22 bits per heavy atom. The largest absolute Gasteiger partial charge is 0.493 e. The number of hydrogen-bond donors (Lipinski definition) is 0. The fraction of sp³-hybridized carbons (Fsp3) is 0.300. The Hall–Kier alpha value is -3.09. The van der Waals surface area contributed by atoms with Gasteiger partial charge in [0.05, 0.1) is 26.5 Å². The molecule has 0 saturated heterocycles. The molecule has 0 radical (unpaired) electrons. The Kier molecular flexibility index (Phi) is 5.59. The number of carbonyl (C=O) groups excluding carboxylic acids is 1. The molecule has 1 amide bonds. The second kappa shape index (κ2) is 8.07. The van der Waals surface area contributed by atoms with Gasteiger partial charge in [0.2, 0.25) is 0 Å². The summed E-state index contributed by atoms with van der Waals surface area (Å²) in [6.45, 7) is 0.343. The predicted octanol–water partition coefficient (Wildman–Crippen LogP) is 3.11. The molecule has 7 heteroatoms. The third-order valence-corrected chi connectivity index (χ3v) is 4.35. The number of benzene rings is 2. The molecule has 6 nitrogen and oxygen atoms in total. The normalized spacial score (nSPS) is 15.7. The number of rotatable bonds is 6. The van der Waals surface area contributed by atoms with Crippen LogP contribution >= 0.6 is 0 Å². The third kappa shape index (κ3) is 4.19. The van der Waals surface area contributed by atoms with Crippen molar-refractivity contribution in [2.75, 3.05) is 27.8 Å². The van der Waals surface area contributed by atoms with E-state index in [-0.39, 0.29) is 12.0 Å². The van der Waals surface area contributed by atoms with E-state index in [4.69, 9.17) is 14.3 Å². The molecule has 0 aliphatic carbocycles. The van der Waals surface area contributed by atoms with Gasteiger partial charge in [-0.2, -0.15) is 0 Å². The Labute approximate surface area is 157 Å². The zero-order chi connectivity index (χ0) is 19.4. The van der Waals surface area contributed by atoms with Gasteiger partial charge < -0.3 is 19.2 Å². The molecular weight excluding hydrogens is 351 g/mol. The first kappa shape index (κ1) is 18.7. The van der Waals surface area contributed by atoms with E-state index in [0.717, 1.165) is 11.3 Å². The first-order valence-corrected chi connectivity index (χ1v) is 8.48. The van der Waals surface area contributed by atoms with E-state index in [1.165, 1.54) is 23.1 Å². The molecule has 0 fully saturated rings. The van der Waals surface area contributed by atoms with Crippen molar-refractivity contribution in [1.29, 1.82) is 0 Å². The van der Waals surface area contributed by atoms with Crippen LogP contribution in [-0.4, -0.2) is 50.4 Å². The highest BCUT2D eigenvalue weighted by atomic mass is 19.1. The van der Waals surface area contributed by atoms with Crippen molar-refractivity contribution in [3.05, 3.63) is 59.4 Å². The van der Waals surface area contributed by atoms with Gasteiger partial charge in [0.25, 0.3) is 5.91 Å². The third-order valence-electron chi connectivity index (χ3n) is 4.35. The van der Waals surface area contributed by atoms with Gasteiger partial charge >= 0.3 is 0 Å². The monoisotopic (exact) mass is 372 g/mol. The summed E-state index contributed by atoms with van der Waals surface area (Å²) in [6, 6.07) is 11.2. The second-order valence-corrected chi connectivity index (χ2v) is 6.24. The first-order chi connectivity index (χ1) is 13.0. The van der Waals surface area contributed by atoms with Crippen LogP contribution in [0.15, 0.2) is 47.6 Å². The molecular formula is C20H21FN2O4. The number of nitrogens with zero attached hydrogens (tertiary/aromatic N) is 2. The van der Waals surface area contributed by atoms with Crippen LogP contribution in [0.3, 0.4) is 0 Å². The van der Waals surface area contributed by atoms with Crippen molar-refractivity contribution < 1.29 is 23.5 Å². The zero-order valence-corrected chi connectivity index (χ0v) is 15.4. The molecule has 3 rings (SSSR count). The molecule has 1 heterocycles. The lowest BCUT2D eigenvalue weighted by molar-refractivity contribution is 0.0482. The minimum atomic E-state index is -0.439. The highest BCUT2D eigenvalue weighted by Crippen LogP contribution is 2.29. The van der Waals surface area contributed by atoms with Crippen molar-refractivity contribution in [1.82, 2.24) is 4.90 Å². The van der Waals surface area contributed by atoms with Gasteiger partial charge in [-0.25, -0.2) is 4.39 Å². The molecule has 0 spiro atoms. The fourth-order valence-electron chi connectivity index (χ4n) is 2.94. The van der Waals surface area contributed by atoms with Crippen LogP contribution < -0.4 is 9.47 Å². The molecule has 0 aromatic heterocycles. The summed E-state index contributed by atoms with van der Waals surface area (Å²) in [5, 5.41) is 4.14. The highest BCUT2D eigenvalue weighted by Gasteiger charge is 2.26. The molecule has 1 aliphatic rings. The first-order valence-electron chi connectivity index (χ1n) is 8.48. The molecule has 1 aliphatic heterocycles. The molecule has 0 saturated carbocycles. The molecule has 0 bridgehead atoms. The van der Waals surface area contributed by atoms with Crippen LogP contribution in [0.1, 0.15) is 22.3 Å². The summed E-state index contributed by atoms with van der Waals surface area (Å²) in [4.78, 5) is 19.4. The predicted molar refractivity (Wildman–Crippen MR) is 98.9 cm³/mol. The Morgan fingerprint density at radius 2 is 2.00 bits per heavy atom. The average molecular weight is 372 g/mol. The highest BCUT2D eigenvalue weighted by molar-refractivity contribution is 6.02. The van der Waals surface area contributed by atoms with Crippen molar-refractivity contribution >= 4 is 11.6 Å². The average Bonchev–Trinajstić information content (AvgIpc) is 3.15. The van der Waals surface area contributed by atoms with Crippen molar-refractivity contribution in [2.45, 2.75) is 12.5 Å². The number of likely N-dealkylation sites (N-methyl/N-ethyl adjacent to an activating group) is 1. The second-order valence-electron chi connectivity index (χ2n) is 6.24. The number of ether oxygens (including phenoxy) is 2. The molecule has 1 atom stereocenters. The summed E-state index contributed by atoms with van der Waals surface area (Å²) in [5.74, 6) is 0.542. The summed E-state index contributed by atoms with van der Waals surface area (Å²) in [5.41, 5.74) is 1.94. The van der Waals surface area contributed by atoms with Crippen molar-refractivity contribution in [2.24, 2.45) is 5.16 Å². The van der Waals surface area contributed by atoms with E-state index in [2.05, 4.69) is 5.16 Å². The topological polar surface area (TPSA) is 60.4 Å². The van der Waals surface area contributed by atoms with Crippen LogP contribution in [0.4, 0.5) is 4.39 Å². The van der Waals surface area contributed by atoms with Crippen molar-refractivity contribution in [3.63, 3.8) is 0 Å². The van der Waals surface area contributed by atoms with E-state index in [1.54, 1.807) is 27.3 Å². The van der Waals surface area contributed by atoms with Gasteiger partial charge in [-0.3, -0.25) is 4.79 Å². The maximum atomic E-state index is 13.3. The number of hydrogen-bond acceptors (Lipinski definition) is 5. The van der Waals surface area contributed by atoms with Crippen LogP contribution in [0.25, 0.3) is 0 Å². The molecule has 27 heavy (non-hydrogen) atoms. The van der Waals surface area contributed by atoms with Crippen molar-refractivity contribution in [3.8, 4) is 11.5 Å². The van der Waals surface area contributed by atoms with Gasteiger partial charge in [0.1, 0.15) is 5.82 Å². The van der Waals surface area contributed by atoms with E-state index >= 15 is 0 Å². The lowest BCUT2D eigenvalue weighted by Crippen LogP contribution is -2.34. The SMILES string of the molecule is COc1ccc(C2=NOC(CN(C)C(=O)c3cccc(F)c3)C2)cc1OC. The van der Waals surface area contributed by atoms with E-state index in [1.807, 2.05) is 18.2 Å². The Morgan fingerprint density at radius 3 is 2.70 bits per heavy atom. The minimum absolute atomic E-state index is 0.266. The molecule has 1 unspecified atom stereocenters. The Bertz CT molecular complexity index is 869.